The minimum atomic E-state index is -0.365. The number of nitrogens with zero attached hydrogens (tertiary/aromatic N) is 1. The first-order valence-corrected chi connectivity index (χ1v) is 11.1. The average molecular weight is 469 g/mol. The smallest absolute Gasteiger partial charge is 0.308 e. The number of rotatable bonds is 5. The number of ether oxygens (including phenoxy) is 4. The summed E-state index contributed by atoms with van der Waals surface area (Å²) in [7, 11) is 4.59. The van der Waals surface area contributed by atoms with Gasteiger partial charge in [0.25, 0.3) is 11.8 Å². The number of methoxy groups -OCH3 is 2. The van der Waals surface area contributed by atoms with Crippen LogP contribution in [0, 0.1) is 0 Å². The lowest BCUT2D eigenvalue weighted by molar-refractivity contribution is -0.151. The lowest BCUT2D eigenvalue weighted by atomic mass is 9.94. The molecule has 180 valence electrons. The van der Waals surface area contributed by atoms with Crippen molar-refractivity contribution in [1.82, 2.24) is 4.90 Å². The molecule has 9 heteroatoms. The number of para-hydroxylation sites is 1. The normalized spacial score (nSPS) is 21.8. The van der Waals surface area contributed by atoms with Crippen LogP contribution in [0.3, 0.4) is 0 Å². The summed E-state index contributed by atoms with van der Waals surface area (Å²) >= 11 is 0. The maximum Gasteiger partial charge on any atom is 0.308 e. The molecule has 2 aromatic carbocycles. The van der Waals surface area contributed by atoms with E-state index in [1.807, 2.05) is 0 Å². The van der Waals surface area contributed by atoms with Gasteiger partial charge in [-0.1, -0.05) is 12.1 Å². The van der Waals surface area contributed by atoms with Gasteiger partial charge in [0.15, 0.2) is 0 Å². The fourth-order valence-corrected chi connectivity index (χ4v) is 4.41. The van der Waals surface area contributed by atoms with Crippen molar-refractivity contribution >= 4 is 23.5 Å². The van der Waals surface area contributed by atoms with Gasteiger partial charge in [-0.3, -0.25) is 14.4 Å². The van der Waals surface area contributed by atoms with Crippen LogP contribution in [-0.2, 0) is 14.3 Å². The van der Waals surface area contributed by atoms with Crippen molar-refractivity contribution in [1.29, 1.82) is 0 Å². The molecule has 0 unspecified atom stereocenters. The number of benzene rings is 2. The van der Waals surface area contributed by atoms with Crippen molar-refractivity contribution in [3.8, 4) is 11.5 Å². The third-order valence-electron chi connectivity index (χ3n) is 6.24. The number of carbonyl (C=O) groups is 3. The van der Waals surface area contributed by atoms with Crippen LogP contribution < -0.4 is 14.8 Å². The van der Waals surface area contributed by atoms with Gasteiger partial charge in [0.2, 0.25) is 0 Å². The number of hydrogen-bond donors (Lipinski definition) is 1. The number of hydrogen-bond acceptors (Lipinski definition) is 7. The minimum absolute atomic E-state index is 0.170. The van der Waals surface area contributed by atoms with E-state index in [9.17, 15) is 14.4 Å². The fourth-order valence-electron chi connectivity index (χ4n) is 4.41. The second-order valence-electron chi connectivity index (χ2n) is 8.31. The molecule has 0 aliphatic carbocycles. The van der Waals surface area contributed by atoms with E-state index in [1.165, 1.54) is 14.2 Å². The monoisotopic (exact) mass is 468 g/mol. The van der Waals surface area contributed by atoms with Crippen molar-refractivity contribution in [2.45, 2.75) is 37.5 Å². The van der Waals surface area contributed by atoms with Gasteiger partial charge in [0, 0.05) is 12.7 Å². The number of anilines is 1. The van der Waals surface area contributed by atoms with E-state index in [1.54, 1.807) is 54.4 Å². The summed E-state index contributed by atoms with van der Waals surface area (Å²) in [5, 5.41) is 2.83. The highest BCUT2D eigenvalue weighted by atomic mass is 16.6. The van der Waals surface area contributed by atoms with E-state index in [4.69, 9.17) is 18.9 Å². The zero-order chi connectivity index (χ0) is 24.2. The molecule has 0 aromatic heterocycles. The molecule has 1 saturated heterocycles. The Morgan fingerprint density at radius 2 is 1.94 bits per heavy atom. The summed E-state index contributed by atoms with van der Waals surface area (Å²) in [6, 6.07) is 11.7. The third-order valence-corrected chi connectivity index (χ3v) is 6.24. The van der Waals surface area contributed by atoms with Gasteiger partial charge in [-0.15, -0.1) is 0 Å². The number of amides is 2. The first kappa shape index (κ1) is 23.6. The molecule has 4 rings (SSSR count). The number of esters is 1. The Bertz CT molecular complexity index is 1090. The summed E-state index contributed by atoms with van der Waals surface area (Å²) in [5.74, 6) is -0.0355. The van der Waals surface area contributed by atoms with E-state index < -0.39 is 0 Å². The Kier molecular flexibility index (Phi) is 7.02. The van der Waals surface area contributed by atoms with E-state index >= 15 is 0 Å². The first-order valence-electron chi connectivity index (χ1n) is 11.1. The lowest BCUT2D eigenvalue weighted by Gasteiger charge is -2.42. The minimum Gasteiger partial charge on any atom is -0.496 e. The number of fused-ring (bicyclic) bond motifs is 2. The largest absolute Gasteiger partial charge is 0.496 e. The quantitative estimate of drug-likeness (QED) is 0.673. The first-order chi connectivity index (χ1) is 16.4. The Labute approximate surface area is 197 Å². The number of likely N-dealkylation sites (N-methyl/N-ethyl adjacent to an activating group) is 1. The molecule has 9 nitrogen and oxygen atoms in total. The van der Waals surface area contributed by atoms with Crippen molar-refractivity contribution in [2.75, 3.05) is 33.2 Å². The molecule has 0 bridgehead atoms. The van der Waals surface area contributed by atoms with Gasteiger partial charge in [-0.05, 0) is 43.2 Å². The summed E-state index contributed by atoms with van der Waals surface area (Å²) in [6.45, 7) is 0.236. The molecule has 0 spiro atoms. The standard InChI is InChI=1S/C25H28N2O7/c1-27-19-10-9-16(13-23(28)32-3)34-22(19)14-33-21-11-8-15(12-18(21)25(27)30)26-24(29)17-6-4-5-7-20(17)31-2/h4-8,11-12,16,19,22H,9-10,13-14H2,1-3H3,(H,26,29)/t16-,19-,22-/m0/s1. The molecule has 2 amide bonds. The lowest BCUT2D eigenvalue weighted by Crippen LogP contribution is -2.53. The molecule has 0 saturated carbocycles. The van der Waals surface area contributed by atoms with Crippen LogP contribution in [0.4, 0.5) is 5.69 Å². The van der Waals surface area contributed by atoms with Gasteiger partial charge in [-0.25, -0.2) is 0 Å². The molecule has 2 aromatic rings. The highest BCUT2D eigenvalue weighted by molar-refractivity contribution is 6.07. The number of nitrogens with one attached hydrogen (secondary N) is 1. The van der Waals surface area contributed by atoms with Crippen molar-refractivity contribution in [3.05, 3.63) is 53.6 Å². The molecular weight excluding hydrogens is 440 g/mol. The Morgan fingerprint density at radius 1 is 1.15 bits per heavy atom. The van der Waals surface area contributed by atoms with Crippen LogP contribution in [0.2, 0.25) is 0 Å². The highest BCUT2D eigenvalue weighted by Gasteiger charge is 2.39. The molecule has 1 fully saturated rings. The zero-order valence-electron chi connectivity index (χ0n) is 19.4. The van der Waals surface area contributed by atoms with Crippen LogP contribution in [0.5, 0.6) is 11.5 Å². The molecule has 2 aliphatic heterocycles. The van der Waals surface area contributed by atoms with Crippen LogP contribution in [0.15, 0.2) is 42.5 Å². The highest BCUT2D eigenvalue weighted by Crippen LogP contribution is 2.33. The third kappa shape index (κ3) is 4.84. The SMILES string of the molecule is COC(=O)C[C@@H]1CC[C@H]2[C@H](COc3ccc(NC(=O)c4ccccc4OC)cc3C(=O)N2C)O1. The molecule has 34 heavy (non-hydrogen) atoms. The van der Waals surface area contributed by atoms with Crippen LogP contribution in [0.25, 0.3) is 0 Å². The maximum atomic E-state index is 13.3. The molecular formula is C25H28N2O7. The Morgan fingerprint density at radius 3 is 2.71 bits per heavy atom. The zero-order valence-corrected chi connectivity index (χ0v) is 19.4. The van der Waals surface area contributed by atoms with E-state index in [0.29, 0.717) is 41.2 Å². The van der Waals surface area contributed by atoms with Crippen LogP contribution in [0.1, 0.15) is 40.0 Å². The Hall–Kier alpha value is -3.59. The molecule has 3 atom stereocenters. The van der Waals surface area contributed by atoms with Gasteiger partial charge in [0.1, 0.15) is 24.2 Å². The topological polar surface area (TPSA) is 103 Å². The van der Waals surface area contributed by atoms with Crippen molar-refractivity contribution in [3.63, 3.8) is 0 Å². The Balaban J connectivity index is 1.53. The van der Waals surface area contributed by atoms with Crippen molar-refractivity contribution < 1.29 is 33.3 Å². The van der Waals surface area contributed by atoms with Gasteiger partial charge in [0.05, 0.1) is 43.9 Å². The van der Waals surface area contributed by atoms with E-state index in [-0.39, 0.29) is 49.1 Å². The van der Waals surface area contributed by atoms with Crippen molar-refractivity contribution in [2.24, 2.45) is 0 Å². The van der Waals surface area contributed by atoms with E-state index in [2.05, 4.69) is 5.32 Å². The molecule has 2 aliphatic rings. The molecule has 1 N–H and O–H groups in total. The molecule has 2 heterocycles. The number of carbonyl (C=O) groups excluding carboxylic acids is 3. The fraction of sp³-hybridized carbons (Fsp3) is 0.400. The van der Waals surface area contributed by atoms with Gasteiger partial charge in [-0.2, -0.15) is 0 Å². The second-order valence-corrected chi connectivity index (χ2v) is 8.31. The predicted molar refractivity (Wildman–Crippen MR) is 123 cm³/mol. The molecule has 0 radical (unpaired) electrons. The average Bonchev–Trinajstić information content (AvgIpc) is 2.86. The summed E-state index contributed by atoms with van der Waals surface area (Å²) < 4.78 is 22.1. The summed E-state index contributed by atoms with van der Waals surface area (Å²) in [5.41, 5.74) is 1.21. The van der Waals surface area contributed by atoms with Crippen LogP contribution >= 0.6 is 0 Å². The van der Waals surface area contributed by atoms with E-state index in [0.717, 1.165) is 0 Å². The maximum absolute atomic E-state index is 13.3. The second kappa shape index (κ2) is 10.1. The van der Waals surface area contributed by atoms with Crippen LogP contribution in [-0.4, -0.2) is 68.8 Å². The van der Waals surface area contributed by atoms with Gasteiger partial charge >= 0.3 is 5.97 Å². The summed E-state index contributed by atoms with van der Waals surface area (Å²) in [6.07, 6.45) is 0.846. The predicted octanol–water partition coefficient (Wildman–Crippen LogP) is 2.89. The van der Waals surface area contributed by atoms with Gasteiger partial charge < -0.3 is 29.2 Å². The summed E-state index contributed by atoms with van der Waals surface area (Å²) in [4.78, 5) is 39.4.